The van der Waals surface area contributed by atoms with E-state index in [1.54, 1.807) is 0 Å². The molecule has 9 heteroatoms. The fraction of sp³-hybridized carbons (Fsp3) is 0.859. The summed E-state index contributed by atoms with van der Waals surface area (Å²) in [5.41, 5.74) is 0. The van der Waals surface area contributed by atoms with Crippen molar-refractivity contribution < 1.29 is 42.9 Å². The molecule has 592 valence electrons. The van der Waals surface area contributed by atoms with Crippen molar-refractivity contribution in [2.24, 2.45) is 0 Å². The molecule has 0 saturated carbocycles. The normalized spacial score (nSPS) is 12.8. The first kappa shape index (κ1) is 98.0. The van der Waals surface area contributed by atoms with Crippen LogP contribution in [0.4, 0.5) is 0 Å². The molecule has 0 aromatic carbocycles. The smallest absolute Gasteiger partial charge is 0.306 e. The van der Waals surface area contributed by atoms with Crippen LogP contribution < -0.4 is 5.11 Å². The van der Waals surface area contributed by atoms with Gasteiger partial charge in [0, 0.05) is 12.8 Å². The van der Waals surface area contributed by atoms with Crippen molar-refractivity contribution in [1.29, 1.82) is 0 Å². The van der Waals surface area contributed by atoms with E-state index in [-0.39, 0.29) is 32.2 Å². The van der Waals surface area contributed by atoms with Crippen LogP contribution in [0, 0.1) is 0 Å². The largest absolute Gasteiger partial charge is 0.545 e. The number of hydrogen-bond donors (Lipinski definition) is 0. The third kappa shape index (κ3) is 84.1. The van der Waals surface area contributed by atoms with Crippen LogP contribution in [-0.2, 0) is 33.3 Å². The number of quaternary nitrogens is 1. The fourth-order valence-electron chi connectivity index (χ4n) is 13.5. The lowest BCUT2D eigenvalue weighted by atomic mass is 10.0. The maximum Gasteiger partial charge on any atom is 0.306 e. The Balaban J connectivity index is 3.90. The number of unbranched alkanes of at least 4 members (excludes halogenated alkanes) is 59. The van der Waals surface area contributed by atoms with Gasteiger partial charge in [-0.25, -0.2) is 0 Å². The van der Waals surface area contributed by atoms with Gasteiger partial charge in [0.05, 0.1) is 40.3 Å². The molecule has 0 aromatic heterocycles. The average molecular weight is 1420 g/mol. The van der Waals surface area contributed by atoms with Crippen molar-refractivity contribution in [3.63, 3.8) is 0 Å². The summed E-state index contributed by atoms with van der Waals surface area (Å²) in [6.45, 7) is 4.72. The first-order valence-electron chi connectivity index (χ1n) is 44.4. The second-order valence-corrected chi connectivity index (χ2v) is 31.5. The molecule has 9 nitrogen and oxygen atoms in total. The summed E-state index contributed by atoms with van der Waals surface area (Å²) in [7, 11) is 5.96. The summed E-state index contributed by atoms with van der Waals surface area (Å²) in [6, 6.07) is 0. The quantitative estimate of drug-likeness (QED) is 0.0195. The van der Waals surface area contributed by atoms with Gasteiger partial charge in [-0.15, -0.1) is 0 Å². The van der Waals surface area contributed by atoms with Gasteiger partial charge in [0.1, 0.15) is 13.2 Å². The Labute approximate surface area is 628 Å². The first-order valence-corrected chi connectivity index (χ1v) is 44.4. The summed E-state index contributed by atoms with van der Waals surface area (Å²) < 4.78 is 22.9. The number of nitrogens with zero attached hydrogens (tertiary/aromatic N) is 1. The molecule has 101 heavy (non-hydrogen) atoms. The minimum atomic E-state index is -1.62. The number of carboxylic acids is 1. The number of carbonyl (C=O) groups excluding carboxylic acids is 3. The number of allylic oxidation sites excluding steroid dienone is 10. The van der Waals surface area contributed by atoms with Gasteiger partial charge < -0.3 is 33.3 Å². The Morgan fingerprint density at radius 1 is 0.307 bits per heavy atom. The highest BCUT2D eigenvalue weighted by Gasteiger charge is 2.22. The van der Waals surface area contributed by atoms with Gasteiger partial charge in [-0.2, -0.15) is 0 Å². The molecule has 0 heterocycles. The van der Waals surface area contributed by atoms with Crippen molar-refractivity contribution in [2.75, 3.05) is 47.5 Å². The second-order valence-electron chi connectivity index (χ2n) is 31.5. The number of ether oxygens (including phenoxy) is 4. The third-order valence-corrected chi connectivity index (χ3v) is 20.2. The van der Waals surface area contributed by atoms with E-state index in [0.29, 0.717) is 17.4 Å². The van der Waals surface area contributed by atoms with Gasteiger partial charge in [0.15, 0.2) is 12.4 Å². The summed E-state index contributed by atoms with van der Waals surface area (Å²) in [5, 5.41) is 11.9. The van der Waals surface area contributed by atoms with E-state index in [4.69, 9.17) is 18.9 Å². The number of aliphatic carboxylic acids is 1. The molecule has 0 saturated heterocycles. The molecule has 0 fully saturated rings. The van der Waals surface area contributed by atoms with Crippen LogP contribution in [-0.4, -0.2) is 82.3 Å². The van der Waals surface area contributed by atoms with E-state index < -0.39 is 24.3 Å². The van der Waals surface area contributed by atoms with Gasteiger partial charge in [-0.05, 0) is 77.0 Å². The van der Waals surface area contributed by atoms with E-state index in [0.717, 1.165) is 64.2 Å². The molecule has 0 radical (unpaired) electrons. The van der Waals surface area contributed by atoms with Crippen LogP contribution in [0.1, 0.15) is 450 Å². The molecular formula is C92H171NO8. The molecule has 0 bridgehead atoms. The van der Waals surface area contributed by atoms with Crippen LogP contribution in [0.5, 0.6) is 0 Å². The lowest BCUT2D eigenvalue weighted by Gasteiger charge is -2.26. The summed E-state index contributed by atoms with van der Waals surface area (Å²) in [4.78, 5) is 37.7. The van der Waals surface area contributed by atoms with Crippen LogP contribution in [0.15, 0.2) is 60.8 Å². The van der Waals surface area contributed by atoms with Crippen molar-refractivity contribution in [1.82, 2.24) is 0 Å². The first-order chi connectivity index (χ1) is 49.6. The van der Waals surface area contributed by atoms with Gasteiger partial charge >= 0.3 is 11.9 Å². The van der Waals surface area contributed by atoms with E-state index in [1.165, 1.54) is 360 Å². The summed E-state index contributed by atoms with van der Waals surface area (Å²) in [6.07, 6.45) is 108. The van der Waals surface area contributed by atoms with Crippen molar-refractivity contribution >= 4 is 17.9 Å². The SMILES string of the molecule is CC/C=C\C/C=C\C/C=C\C/C=C\CCCCCCCCCCCCCCCCCCCCCCCCCCCCC(=O)OC(COC(=O)CCCCCCCCCCCCCCCCCCCCCCCCCCC/C=C\CCCCCCCCCC)COC(OCC[N+](C)(C)C)C(=O)[O-]. The van der Waals surface area contributed by atoms with Crippen LogP contribution in [0.25, 0.3) is 0 Å². The molecule has 0 spiro atoms. The van der Waals surface area contributed by atoms with Crippen molar-refractivity contribution in [3.05, 3.63) is 60.8 Å². The lowest BCUT2D eigenvalue weighted by Crippen LogP contribution is -2.44. The van der Waals surface area contributed by atoms with E-state index >= 15 is 0 Å². The lowest BCUT2D eigenvalue weighted by molar-refractivity contribution is -0.870. The fourth-order valence-corrected chi connectivity index (χ4v) is 13.5. The summed E-state index contributed by atoms with van der Waals surface area (Å²) in [5.74, 6) is -2.25. The number of esters is 2. The summed E-state index contributed by atoms with van der Waals surface area (Å²) >= 11 is 0. The third-order valence-electron chi connectivity index (χ3n) is 20.2. The average Bonchev–Trinajstić information content (AvgIpc) is 1.21. The molecule has 0 N–H and O–H groups in total. The molecule has 0 aliphatic carbocycles. The topological polar surface area (TPSA) is 111 Å². The zero-order valence-electron chi connectivity index (χ0n) is 68.1. The Morgan fingerprint density at radius 2 is 0.564 bits per heavy atom. The molecule has 2 atom stereocenters. The Bertz CT molecular complexity index is 1850. The predicted octanol–water partition coefficient (Wildman–Crippen LogP) is 27.6. The maximum absolute atomic E-state index is 13.0. The second kappa shape index (κ2) is 82.6. The van der Waals surface area contributed by atoms with Gasteiger partial charge in [-0.1, -0.05) is 421 Å². The Morgan fingerprint density at radius 3 is 0.851 bits per heavy atom. The number of carboxylic acid groups (broad SMARTS) is 1. The van der Waals surface area contributed by atoms with Crippen LogP contribution in [0.2, 0.25) is 0 Å². The highest BCUT2D eigenvalue weighted by atomic mass is 16.7. The molecule has 2 unspecified atom stereocenters. The van der Waals surface area contributed by atoms with Gasteiger partial charge in [0.25, 0.3) is 0 Å². The minimum Gasteiger partial charge on any atom is -0.545 e. The molecule has 0 aliphatic heterocycles. The number of likely N-dealkylation sites (N-methyl/N-ethyl adjacent to an activating group) is 1. The molecule has 0 aliphatic rings. The predicted molar refractivity (Wildman–Crippen MR) is 435 cm³/mol. The molecule has 0 amide bonds. The Hall–Kier alpha value is -3.01. The highest BCUT2D eigenvalue weighted by Crippen LogP contribution is 2.21. The zero-order valence-corrected chi connectivity index (χ0v) is 68.1. The van der Waals surface area contributed by atoms with E-state index in [9.17, 15) is 19.5 Å². The van der Waals surface area contributed by atoms with Crippen LogP contribution in [0.3, 0.4) is 0 Å². The monoisotopic (exact) mass is 1420 g/mol. The molecule has 0 aromatic rings. The Kier molecular flexibility index (Phi) is 80.2. The van der Waals surface area contributed by atoms with Gasteiger partial charge in [0.2, 0.25) is 0 Å². The minimum absolute atomic E-state index is 0.151. The van der Waals surface area contributed by atoms with Crippen molar-refractivity contribution in [2.45, 2.75) is 463 Å². The van der Waals surface area contributed by atoms with Crippen molar-refractivity contribution in [3.8, 4) is 0 Å². The zero-order chi connectivity index (χ0) is 73.2. The number of rotatable bonds is 84. The van der Waals surface area contributed by atoms with Crippen LogP contribution >= 0.6 is 0 Å². The highest BCUT2D eigenvalue weighted by molar-refractivity contribution is 5.70. The number of hydrogen-bond acceptors (Lipinski definition) is 8. The van der Waals surface area contributed by atoms with Gasteiger partial charge in [-0.3, -0.25) is 9.59 Å². The number of carbonyl (C=O) groups is 3. The standard InChI is InChI=1S/C92H171NO8/c1-6-8-10-12-14-16-18-20-22-24-26-28-30-32-34-36-38-40-42-44-45-47-49-51-53-55-57-59-61-63-65-67-69-71-73-75-77-79-81-83-90(95)101-88(87-100-92(91(96)97)98-85-84-93(3,4)5)86-99-89(94)82-80-78-76-74-72-70-68-66-64-62-60-58-56-54-52-50-48-46-43-41-39-37-35-33-31-29-27-25-23-21-19-17-15-13-11-9-7-2/h8,10,14,16,20,22,25-28,88,92H,6-7,9,11-13,15,17-19,21,23-24,29-87H2,1-5H3/b10-8-,16-14-,22-20-,27-25-,28-26-. The maximum atomic E-state index is 13.0. The molecular weight excluding hydrogens is 1250 g/mol. The van der Waals surface area contributed by atoms with E-state index in [2.05, 4.69) is 74.6 Å². The molecule has 0 rings (SSSR count). The van der Waals surface area contributed by atoms with E-state index in [1.807, 2.05) is 21.1 Å².